The molecular formula is C78H62N4. The summed E-state index contributed by atoms with van der Waals surface area (Å²) < 4.78 is 0. The molecule has 0 spiro atoms. The summed E-state index contributed by atoms with van der Waals surface area (Å²) in [6.45, 7) is 8.69. The molecule has 0 aromatic heterocycles. The highest BCUT2D eigenvalue weighted by Crippen LogP contribution is 2.50. The minimum absolute atomic E-state index is 1.07. The second-order valence-electron chi connectivity index (χ2n) is 21.3. The highest BCUT2D eigenvalue weighted by Gasteiger charge is 2.24. The number of rotatable bonds is 14. The Morgan fingerprint density at radius 3 is 0.659 bits per heavy atom. The van der Waals surface area contributed by atoms with Crippen molar-refractivity contribution in [2.45, 2.75) is 27.7 Å². The molecule has 0 bridgehead atoms. The van der Waals surface area contributed by atoms with Crippen LogP contribution in [0.3, 0.4) is 0 Å². The van der Waals surface area contributed by atoms with Gasteiger partial charge in [0, 0.05) is 68.2 Å². The Morgan fingerprint density at radius 1 is 0.171 bits per heavy atom. The molecule has 0 N–H and O–H groups in total. The van der Waals surface area contributed by atoms with Crippen molar-refractivity contribution in [3.05, 3.63) is 326 Å². The van der Waals surface area contributed by atoms with E-state index in [1.807, 2.05) is 0 Å². The van der Waals surface area contributed by atoms with Crippen LogP contribution in [0.5, 0.6) is 0 Å². The molecule has 0 heterocycles. The van der Waals surface area contributed by atoms with E-state index in [2.05, 4.69) is 351 Å². The highest BCUT2D eigenvalue weighted by atomic mass is 15.2. The largest absolute Gasteiger partial charge is 0.311 e. The van der Waals surface area contributed by atoms with Crippen LogP contribution >= 0.6 is 0 Å². The van der Waals surface area contributed by atoms with E-state index in [0.717, 1.165) is 101 Å². The van der Waals surface area contributed by atoms with Crippen molar-refractivity contribution >= 4 is 89.8 Å². The van der Waals surface area contributed by atoms with E-state index in [4.69, 9.17) is 0 Å². The van der Waals surface area contributed by atoms with Crippen molar-refractivity contribution in [2.75, 3.05) is 19.6 Å². The normalized spacial score (nSPS) is 11.2. The van der Waals surface area contributed by atoms with E-state index in [1.165, 1.54) is 33.4 Å². The molecule has 0 fully saturated rings. The molecule has 4 nitrogen and oxygen atoms in total. The minimum atomic E-state index is 1.07. The lowest BCUT2D eigenvalue weighted by Gasteiger charge is -2.29. The zero-order valence-electron chi connectivity index (χ0n) is 46.7. The van der Waals surface area contributed by atoms with Crippen LogP contribution in [0, 0.1) is 27.7 Å². The third kappa shape index (κ3) is 10.1. The Kier molecular flexibility index (Phi) is 13.9. The average Bonchev–Trinajstić information content (AvgIpc) is 2.86. The van der Waals surface area contributed by atoms with Gasteiger partial charge in [-0.1, -0.05) is 158 Å². The number of hydrogen-bond acceptors (Lipinski definition) is 4. The van der Waals surface area contributed by atoms with Crippen LogP contribution in [0.1, 0.15) is 22.3 Å². The molecule has 0 radical (unpaired) electrons. The van der Waals surface area contributed by atoms with E-state index in [0.29, 0.717) is 0 Å². The molecule has 4 heteroatoms. The quantitative estimate of drug-likeness (QED) is 0.101. The predicted octanol–water partition coefficient (Wildman–Crippen LogP) is 22.4. The van der Waals surface area contributed by atoms with Gasteiger partial charge in [-0.05, 0) is 239 Å². The van der Waals surface area contributed by atoms with E-state index < -0.39 is 0 Å². The fourth-order valence-corrected chi connectivity index (χ4v) is 11.8. The van der Waals surface area contributed by atoms with Crippen LogP contribution in [0.4, 0.5) is 68.2 Å². The highest BCUT2D eigenvalue weighted by molar-refractivity contribution is 6.23. The van der Waals surface area contributed by atoms with Gasteiger partial charge < -0.3 is 19.6 Å². The lowest BCUT2D eigenvalue weighted by atomic mass is 9.85. The second-order valence-corrected chi connectivity index (χ2v) is 21.3. The second kappa shape index (κ2) is 22.4. The number of benzene rings is 13. The van der Waals surface area contributed by atoms with Crippen molar-refractivity contribution < 1.29 is 0 Å². The summed E-state index contributed by atoms with van der Waals surface area (Å²) in [6, 6.07) is 111. The molecule has 13 aromatic rings. The molecule has 82 heavy (non-hydrogen) atoms. The molecule has 0 aliphatic rings. The first-order valence-corrected chi connectivity index (χ1v) is 28.2. The van der Waals surface area contributed by atoms with Gasteiger partial charge in [-0.3, -0.25) is 0 Å². The Morgan fingerprint density at radius 2 is 0.390 bits per heavy atom. The van der Waals surface area contributed by atoms with Gasteiger partial charge in [0.2, 0.25) is 0 Å². The Balaban J connectivity index is 1.10. The molecule has 0 unspecified atom stereocenters. The molecule has 0 saturated carbocycles. The van der Waals surface area contributed by atoms with E-state index in [1.54, 1.807) is 0 Å². The molecule has 0 saturated heterocycles. The average molecular weight is 1060 g/mol. The SMILES string of the molecule is Cc1cccc(N(c2cccc(C)c2)c2ccc3c(-c4ccc(N(c5ccccc5)c5ccccc5)cc4)c4cc(N(c5cccc(C)c5)c5cccc(C)c5)ccc4c(-c4ccc(N(c5ccccc5)c5ccccc5)cc4)c3c2)c1. The van der Waals surface area contributed by atoms with E-state index >= 15 is 0 Å². The maximum Gasteiger partial charge on any atom is 0.0468 e. The number of nitrogens with zero attached hydrogens (tertiary/aromatic N) is 4. The maximum absolute atomic E-state index is 2.44. The van der Waals surface area contributed by atoms with Crippen molar-refractivity contribution in [1.29, 1.82) is 0 Å². The fraction of sp³-hybridized carbons (Fsp3) is 0.0513. The first-order chi connectivity index (χ1) is 40.3. The Hall–Kier alpha value is -10.4. The standard InChI is InChI=1S/C78H62N4/c1-55-21-17-33-67(49-55)81(68-34-18-22-56(2)50-68)71-45-47-73-75(53-71)77(59-37-41-65(42-38-59)79(61-25-9-5-10-26-61)62-27-11-6-12-28-62)74-48-46-72(82(69-35-19-23-57(3)51-69)70-36-20-24-58(4)52-70)54-76(74)78(73)60-39-43-66(44-40-60)80(63-29-13-7-14-30-63)64-31-15-8-16-32-64/h5-54H,1-4H3. The molecule has 0 amide bonds. The molecule has 0 aliphatic heterocycles. The van der Waals surface area contributed by atoms with E-state index in [-0.39, 0.29) is 0 Å². The number of hydrogen-bond donors (Lipinski definition) is 0. The molecule has 0 aliphatic carbocycles. The van der Waals surface area contributed by atoms with Crippen molar-refractivity contribution in [2.24, 2.45) is 0 Å². The van der Waals surface area contributed by atoms with Gasteiger partial charge in [0.05, 0.1) is 0 Å². The maximum atomic E-state index is 2.44. The topological polar surface area (TPSA) is 13.0 Å². The third-order valence-corrected chi connectivity index (χ3v) is 15.5. The lowest BCUT2D eigenvalue weighted by Crippen LogP contribution is -2.11. The number of fused-ring (bicyclic) bond motifs is 2. The molecule has 13 rings (SSSR count). The predicted molar refractivity (Wildman–Crippen MR) is 350 cm³/mol. The summed E-state index contributed by atoms with van der Waals surface area (Å²) >= 11 is 0. The third-order valence-electron chi connectivity index (χ3n) is 15.5. The van der Waals surface area contributed by atoms with Gasteiger partial charge in [-0.2, -0.15) is 0 Å². The van der Waals surface area contributed by atoms with Crippen LogP contribution in [-0.4, -0.2) is 0 Å². The van der Waals surface area contributed by atoms with Crippen molar-refractivity contribution in [3.8, 4) is 22.3 Å². The van der Waals surface area contributed by atoms with Gasteiger partial charge in [-0.25, -0.2) is 0 Å². The lowest BCUT2D eigenvalue weighted by molar-refractivity contribution is 1.26. The fourth-order valence-electron chi connectivity index (χ4n) is 11.8. The number of para-hydroxylation sites is 4. The van der Waals surface area contributed by atoms with Gasteiger partial charge in [-0.15, -0.1) is 0 Å². The van der Waals surface area contributed by atoms with Crippen LogP contribution in [0.2, 0.25) is 0 Å². The van der Waals surface area contributed by atoms with Crippen LogP contribution in [0.25, 0.3) is 43.8 Å². The van der Waals surface area contributed by atoms with Gasteiger partial charge >= 0.3 is 0 Å². The Bertz CT molecular complexity index is 3910. The van der Waals surface area contributed by atoms with E-state index in [9.17, 15) is 0 Å². The summed E-state index contributed by atoms with van der Waals surface area (Å²) in [5.74, 6) is 0. The summed E-state index contributed by atoms with van der Waals surface area (Å²) in [5.41, 5.74) is 22.5. The summed E-state index contributed by atoms with van der Waals surface area (Å²) in [4.78, 5) is 9.49. The molecule has 0 atom stereocenters. The number of anilines is 12. The van der Waals surface area contributed by atoms with Crippen LogP contribution < -0.4 is 19.6 Å². The van der Waals surface area contributed by atoms with Crippen LogP contribution in [-0.2, 0) is 0 Å². The first-order valence-electron chi connectivity index (χ1n) is 28.2. The molecule has 13 aromatic carbocycles. The monoisotopic (exact) mass is 1050 g/mol. The zero-order chi connectivity index (χ0) is 55.5. The van der Waals surface area contributed by atoms with Crippen LogP contribution in [0.15, 0.2) is 303 Å². The summed E-state index contributed by atoms with van der Waals surface area (Å²) in [6.07, 6.45) is 0. The van der Waals surface area contributed by atoms with Crippen molar-refractivity contribution in [1.82, 2.24) is 0 Å². The smallest absolute Gasteiger partial charge is 0.0468 e. The minimum Gasteiger partial charge on any atom is -0.311 e. The van der Waals surface area contributed by atoms with Gasteiger partial charge in [0.25, 0.3) is 0 Å². The zero-order valence-corrected chi connectivity index (χ0v) is 46.7. The molecule has 394 valence electrons. The summed E-state index contributed by atoms with van der Waals surface area (Å²) in [5, 5.41) is 4.62. The number of aryl methyl sites for hydroxylation is 4. The Labute approximate surface area is 482 Å². The molecular weight excluding hydrogens is 993 g/mol. The van der Waals surface area contributed by atoms with Crippen molar-refractivity contribution in [3.63, 3.8) is 0 Å². The summed E-state index contributed by atoms with van der Waals surface area (Å²) in [7, 11) is 0. The van der Waals surface area contributed by atoms with Gasteiger partial charge in [0.1, 0.15) is 0 Å². The first kappa shape index (κ1) is 51.0. The van der Waals surface area contributed by atoms with Gasteiger partial charge in [0.15, 0.2) is 0 Å².